The first-order chi connectivity index (χ1) is 9.65. The first kappa shape index (κ1) is 13.3. The molecule has 106 valence electrons. The van der Waals surface area contributed by atoms with E-state index in [1.54, 1.807) is 30.5 Å². The van der Waals surface area contributed by atoms with Gasteiger partial charge in [-0.15, -0.1) is 0 Å². The summed E-state index contributed by atoms with van der Waals surface area (Å²) < 4.78 is 26.2. The summed E-state index contributed by atoms with van der Waals surface area (Å²) in [5.74, 6) is 0.169. The van der Waals surface area contributed by atoms with Crippen molar-refractivity contribution in [3.05, 3.63) is 48.8 Å². The minimum absolute atomic E-state index is 0.169. The van der Waals surface area contributed by atoms with Gasteiger partial charge in [-0.3, -0.25) is 9.58 Å². The van der Waals surface area contributed by atoms with Gasteiger partial charge in [0.2, 0.25) is 0 Å². The van der Waals surface area contributed by atoms with E-state index in [-0.39, 0.29) is 5.75 Å². The fourth-order valence-electron chi connectivity index (χ4n) is 2.38. The Morgan fingerprint density at radius 2 is 1.90 bits per heavy atom. The highest BCUT2D eigenvalue weighted by Crippen LogP contribution is 2.20. The molecule has 2 heterocycles. The lowest BCUT2D eigenvalue weighted by Crippen LogP contribution is -2.49. The molecular weight excluding hydrogens is 274 g/mol. The van der Waals surface area contributed by atoms with Crippen LogP contribution in [0.5, 0.6) is 0 Å². The number of hydrogen-bond donors (Lipinski definition) is 0. The highest BCUT2D eigenvalue weighted by Gasteiger charge is 2.29. The van der Waals surface area contributed by atoms with Gasteiger partial charge in [0, 0.05) is 32.0 Å². The van der Waals surface area contributed by atoms with Gasteiger partial charge in [-0.05, 0) is 18.2 Å². The zero-order valence-electron chi connectivity index (χ0n) is 11.1. The number of aromatic nitrogens is 2. The van der Waals surface area contributed by atoms with Crippen molar-refractivity contribution >= 4 is 9.84 Å². The predicted octanol–water partition coefficient (Wildman–Crippen LogP) is 1.21. The second kappa shape index (κ2) is 5.38. The van der Waals surface area contributed by atoms with E-state index in [2.05, 4.69) is 10.00 Å². The van der Waals surface area contributed by atoms with Crippen molar-refractivity contribution in [2.75, 3.05) is 25.4 Å². The number of sulfone groups is 1. The fourth-order valence-corrected chi connectivity index (χ4v) is 3.69. The molecule has 1 fully saturated rings. The number of hydrogen-bond acceptors (Lipinski definition) is 4. The molecule has 0 unspecified atom stereocenters. The van der Waals surface area contributed by atoms with Crippen molar-refractivity contribution in [1.82, 2.24) is 14.7 Å². The van der Waals surface area contributed by atoms with Crippen LogP contribution >= 0.6 is 0 Å². The summed E-state index contributed by atoms with van der Waals surface area (Å²) >= 11 is 0. The average molecular weight is 291 g/mol. The van der Waals surface area contributed by atoms with Crippen molar-refractivity contribution in [2.45, 2.75) is 10.9 Å². The number of rotatable bonds is 5. The Hall–Kier alpha value is -1.66. The molecule has 1 aromatic heterocycles. The summed E-state index contributed by atoms with van der Waals surface area (Å²) in [5, 5.41) is 4.20. The van der Waals surface area contributed by atoms with Crippen LogP contribution < -0.4 is 0 Å². The summed E-state index contributed by atoms with van der Waals surface area (Å²) in [6, 6.07) is 10.9. The second-order valence-corrected chi connectivity index (χ2v) is 7.14. The van der Waals surface area contributed by atoms with Crippen LogP contribution in [-0.4, -0.2) is 48.5 Å². The van der Waals surface area contributed by atoms with Crippen LogP contribution in [0, 0.1) is 0 Å². The van der Waals surface area contributed by atoms with Gasteiger partial charge < -0.3 is 0 Å². The van der Waals surface area contributed by atoms with Gasteiger partial charge in [-0.1, -0.05) is 18.2 Å². The summed E-state index contributed by atoms with van der Waals surface area (Å²) in [7, 11) is -3.17. The molecule has 1 aromatic carbocycles. The topological polar surface area (TPSA) is 55.2 Å². The highest BCUT2D eigenvalue weighted by molar-refractivity contribution is 7.91. The smallest absolute Gasteiger partial charge is 0.179 e. The molecule has 0 amide bonds. The molecule has 0 atom stereocenters. The van der Waals surface area contributed by atoms with Gasteiger partial charge in [0.15, 0.2) is 9.84 Å². The summed E-state index contributed by atoms with van der Waals surface area (Å²) in [5.41, 5.74) is 0. The highest BCUT2D eigenvalue weighted by atomic mass is 32.2. The van der Waals surface area contributed by atoms with E-state index in [0.29, 0.717) is 17.5 Å². The first-order valence-electron chi connectivity index (χ1n) is 6.64. The van der Waals surface area contributed by atoms with Gasteiger partial charge in [-0.2, -0.15) is 5.10 Å². The van der Waals surface area contributed by atoms with Gasteiger partial charge in [0.25, 0.3) is 0 Å². The molecule has 3 rings (SSSR count). The molecule has 20 heavy (non-hydrogen) atoms. The zero-order chi connectivity index (χ0) is 14.0. The van der Waals surface area contributed by atoms with Crippen molar-refractivity contribution in [1.29, 1.82) is 0 Å². The molecule has 0 N–H and O–H groups in total. The van der Waals surface area contributed by atoms with Gasteiger partial charge >= 0.3 is 0 Å². The summed E-state index contributed by atoms with van der Waals surface area (Å²) in [6.45, 7) is 2.31. The van der Waals surface area contributed by atoms with E-state index in [0.717, 1.165) is 13.1 Å². The molecule has 1 aliphatic rings. The molecule has 6 heteroatoms. The van der Waals surface area contributed by atoms with Gasteiger partial charge in [-0.25, -0.2) is 8.42 Å². The van der Waals surface area contributed by atoms with Crippen LogP contribution in [0.1, 0.15) is 6.04 Å². The Balaban J connectivity index is 1.52. The quantitative estimate of drug-likeness (QED) is 0.831. The number of nitrogens with zero attached hydrogens (tertiary/aromatic N) is 3. The third kappa shape index (κ3) is 2.76. The molecule has 0 bridgehead atoms. The second-order valence-electron chi connectivity index (χ2n) is 5.03. The maximum atomic E-state index is 12.1. The lowest BCUT2D eigenvalue weighted by Gasteiger charge is -2.39. The predicted molar refractivity (Wildman–Crippen MR) is 76.2 cm³/mol. The van der Waals surface area contributed by atoms with Crippen LogP contribution in [0.15, 0.2) is 53.7 Å². The van der Waals surface area contributed by atoms with Gasteiger partial charge in [0.05, 0.1) is 16.7 Å². The average Bonchev–Trinajstić information content (AvgIpc) is 2.91. The zero-order valence-corrected chi connectivity index (χ0v) is 11.9. The number of benzene rings is 1. The van der Waals surface area contributed by atoms with Crippen LogP contribution in [0.3, 0.4) is 0 Å². The van der Waals surface area contributed by atoms with E-state index >= 15 is 0 Å². The SMILES string of the molecule is O=S(=O)(CCN1CC(n2cccn2)C1)c1ccccc1. The van der Waals surface area contributed by atoms with E-state index < -0.39 is 9.84 Å². The Morgan fingerprint density at radius 1 is 1.15 bits per heavy atom. The van der Waals surface area contributed by atoms with Crippen molar-refractivity contribution in [3.8, 4) is 0 Å². The summed E-state index contributed by atoms with van der Waals surface area (Å²) in [4.78, 5) is 2.55. The molecule has 0 spiro atoms. The molecule has 0 saturated carbocycles. The van der Waals surface area contributed by atoms with E-state index in [1.165, 1.54) is 0 Å². The molecule has 0 radical (unpaired) electrons. The van der Waals surface area contributed by atoms with Crippen LogP contribution in [0.25, 0.3) is 0 Å². The number of likely N-dealkylation sites (tertiary alicyclic amines) is 1. The Labute approximate surface area is 118 Å². The van der Waals surface area contributed by atoms with Crippen molar-refractivity contribution in [3.63, 3.8) is 0 Å². The minimum atomic E-state index is -3.17. The maximum Gasteiger partial charge on any atom is 0.179 e. The summed E-state index contributed by atoms with van der Waals surface area (Å²) in [6.07, 6.45) is 3.71. The fraction of sp³-hybridized carbons (Fsp3) is 0.357. The minimum Gasteiger partial charge on any atom is -0.298 e. The maximum absolute atomic E-state index is 12.1. The van der Waals surface area contributed by atoms with E-state index in [1.807, 2.05) is 23.0 Å². The lowest BCUT2D eigenvalue weighted by molar-refractivity contribution is 0.106. The Morgan fingerprint density at radius 3 is 2.55 bits per heavy atom. The molecule has 2 aromatic rings. The van der Waals surface area contributed by atoms with E-state index in [4.69, 9.17) is 0 Å². The van der Waals surface area contributed by atoms with E-state index in [9.17, 15) is 8.42 Å². The van der Waals surface area contributed by atoms with Crippen LogP contribution in [0.2, 0.25) is 0 Å². The molecule has 5 nitrogen and oxygen atoms in total. The third-order valence-corrected chi connectivity index (χ3v) is 5.33. The Bertz CT molecular complexity index is 647. The van der Waals surface area contributed by atoms with Gasteiger partial charge in [0.1, 0.15) is 0 Å². The van der Waals surface area contributed by atoms with Crippen LogP contribution in [0.4, 0.5) is 0 Å². The largest absolute Gasteiger partial charge is 0.298 e. The molecule has 1 saturated heterocycles. The Kier molecular flexibility index (Phi) is 3.58. The molecular formula is C14H17N3O2S. The third-order valence-electron chi connectivity index (χ3n) is 3.62. The monoisotopic (exact) mass is 291 g/mol. The lowest BCUT2D eigenvalue weighted by atomic mass is 10.1. The standard InChI is InChI=1S/C14H17N3O2S/c18-20(19,14-5-2-1-3-6-14)10-9-16-11-13(12-16)17-8-4-7-15-17/h1-8,13H,9-12H2. The van der Waals surface area contributed by atoms with Crippen LogP contribution in [-0.2, 0) is 9.84 Å². The molecule has 1 aliphatic heterocycles. The first-order valence-corrected chi connectivity index (χ1v) is 8.30. The molecule has 0 aliphatic carbocycles. The normalized spacial score (nSPS) is 17.0. The van der Waals surface area contributed by atoms with Crippen molar-refractivity contribution in [2.24, 2.45) is 0 Å². The van der Waals surface area contributed by atoms with Crippen molar-refractivity contribution < 1.29 is 8.42 Å².